The van der Waals surface area contributed by atoms with Crippen LogP contribution in [0.2, 0.25) is 0 Å². The number of rotatable bonds is 2. The van der Waals surface area contributed by atoms with Crippen molar-refractivity contribution in [2.24, 2.45) is 11.7 Å². The van der Waals surface area contributed by atoms with Gasteiger partial charge in [0, 0.05) is 29.2 Å². The van der Waals surface area contributed by atoms with Crippen LogP contribution < -0.4 is 10.6 Å². The lowest BCUT2D eigenvalue weighted by Crippen LogP contribution is -2.48. The Kier molecular flexibility index (Phi) is 3.99. The summed E-state index contributed by atoms with van der Waals surface area (Å²) in [4.78, 5) is 6.80. The molecule has 1 aromatic carbocycles. The average Bonchev–Trinajstić information content (AvgIpc) is 2.94. The van der Waals surface area contributed by atoms with Crippen LogP contribution in [0.25, 0.3) is 11.4 Å². The number of halogens is 1. The van der Waals surface area contributed by atoms with Gasteiger partial charge >= 0.3 is 0 Å². The zero-order valence-electron chi connectivity index (χ0n) is 12.3. The summed E-state index contributed by atoms with van der Waals surface area (Å²) in [6.07, 6.45) is 1.08. The molecule has 0 radical (unpaired) electrons. The van der Waals surface area contributed by atoms with Crippen molar-refractivity contribution >= 4 is 21.9 Å². The molecule has 0 spiro atoms. The first-order valence-electron chi connectivity index (χ1n) is 7.24. The first kappa shape index (κ1) is 14.5. The van der Waals surface area contributed by atoms with Gasteiger partial charge in [-0.3, -0.25) is 5.10 Å². The lowest BCUT2D eigenvalue weighted by molar-refractivity contribution is 0.376. The van der Waals surface area contributed by atoms with Crippen molar-refractivity contribution in [3.8, 4) is 11.4 Å². The quantitative estimate of drug-likeness (QED) is 0.874. The van der Waals surface area contributed by atoms with Crippen molar-refractivity contribution in [3.05, 3.63) is 28.2 Å². The van der Waals surface area contributed by atoms with Crippen LogP contribution >= 0.6 is 15.9 Å². The van der Waals surface area contributed by atoms with Gasteiger partial charge in [0.05, 0.1) is 0 Å². The van der Waals surface area contributed by atoms with E-state index in [1.54, 1.807) is 0 Å². The monoisotopic (exact) mass is 349 g/mol. The van der Waals surface area contributed by atoms with Crippen LogP contribution in [0.4, 0.5) is 5.95 Å². The van der Waals surface area contributed by atoms with Crippen molar-refractivity contribution in [1.82, 2.24) is 15.2 Å². The molecule has 6 heteroatoms. The minimum Gasteiger partial charge on any atom is -0.338 e. The van der Waals surface area contributed by atoms with E-state index >= 15 is 0 Å². The summed E-state index contributed by atoms with van der Waals surface area (Å²) in [5, 5.41) is 7.40. The van der Waals surface area contributed by atoms with E-state index in [9.17, 15) is 0 Å². The molecule has 112 valence electrons. The molecule has 0 saturated carbocycles. The standard InChI is InChI=1S/C15H20BrN5/c1-9-6-7-21(8-12(9)17)15-18-14(19-20-15)11-5-3-4-10(2)13(11)16/h3-5,9,12H,6-8,17H2,1-2H3,(H,18,19,20). The Balaban J connectivity index is 1.85. The van der Waals surface area contributed by atoms with Gasteiger partial charge in [0.25, 0.3) is 0 Å². The fourth-order valence-electron chi connectivity index (χ4n) is 2.63. The Labute approximate surface area is 133 Å². The topological polar surface area (TPSA) is 70.8 Å². The summed E-state index contributed by atoms with van der Waals surface area (Å²) in [7, 11) is 0. The molecule has 0 amide bonds. The molecule has 2 atom stereocenters. The number of nitrogens with one attached hydrogen (secondary N) is 1. The summed E-state index contributed by atoms with van der Waals surface area (Å²) in [6.45, 7) is 6.04. The number of anilines is 1. The Hall–Kier alpha value is -1.40. The zero-order chi connectivity index (χ0) is 15.0. The molecular formula is C15H20BrN5. The predicted octanol–water partition coefficient (Wildman–Crippen LogP) is 2.72. The summed E-state index contributed by atoms with van der Waals surface area (Å²) >= 11 is 3.62. The molecule has 21 heavy (non-hydrogen) atoms. The highest BCUT2D eigenvalue weighted by atomic mass is 79.9. The maximum atomic E-state index is 6.15. The zero-order valence-corrected chi connectivity index (χ0v) is 13.9. The minimum atomic E-state index is 0.186. The van der Waals surface area contributed by atoms with Crippen LogP contribution in [0.15, 0.2) is 22.7 Å². The second-order valence-electron chi connectivity index (χ2n) is 5.80. The number of aromatic nitrogens is 3. The van der Waals surface area contributed by atoms with Crippen LogP contribution in [-0.4, -0.2) is 34.3 Å². The number of aromatic amines is 1. The molecular weight excluding hydrogens is 330 g/mol. The molecule has 0 bridgehead atoms. The summed E-state index contributed by atoms with van der Waals surface area (Å²) in [6, 6.07) is 6.31. The first-order chi connectivity index (χ1) is 10.1. The predicted molar refractivity (Wildman–Crippen MR) is 88.2 cm³/mol. The third-order valence-corrected chi connectivity index (χ3v) is 5.27. The Morgan fingerprint density at radius 3 is 3.00 bits per heavy atom. The molecule has 1 aliphatic rings. The van der Waals surface area contributed by atoms with E-state index in [1.165, 1.54) is 5.56 Å². The molecule has 1 fully saturated rings. The lowest BCUT2D eigenvalue weighted by atomic mass is 9.95. The Morgan fingerprint density at radius 1 is 1.43 bits per heavy atom. The largest absolute Gasteiger partial charge is 0.338 e. The SMILES string of the molecule is Cc1cccc(-c2nc(N3CCC(C)C(N)C3)n[nH]2)c1Br. The highest BCUT2D eigenvalue weighted by molar-refractivity contribution is 9.10. The first-order valence-corrected chi connectivity index (χ1v) is 8.04. The van der Waals surface area contributed by atoms with Crippen LogP contribution in [-0.2, 0) is 0 Å². The van der Waals surface area contributed by atoms with E-state index in [-0.39, 0.29) is 6.04 Å². The summed E-state index contributed by atoms with van der Waals surface area (Å²) in [5.74, 6) is 2.08. The average molecular weight is 350 g/mol. The van der Waals surface area contributed by atoms with Gasteiger partial charge in [-0.1, -0.05) is 25.1 Å². The number of hydrogen-bond donors (Lipinski definition) is 2. The van der Waals surface area contributed by atoms with Crippen LogP contribution in [0.5, 0.6) is 0 Å². The minimum absolute atomic E-state index is 0.186. The lowest BCUT2D eigenvalue weighted by Gasteiger charge is -2.34. The normalized spacial score (nSPS) is 22.6. The van der Waals surface area contributed by atoms with Crippen LogP contribution in [0.3, 0.4) is 0 Å². The third kappa shape index (κ3) is 2.82. The highest BCUT2D eigenvalue weighted by Gasteiger charge is 2.25. The van der Waals surface area contributed by atoms with Gasteiger partial charge in [0.15, 0.2) is 5.82 Å². The fourth-order valence-corrected chi connectivity index (χ4v) is 3.08. The number of piperidine rings is 1. The smallest absolute Gasteiger partial charge is 0.245 e. The van der Waals surface area contributed by atoms with E-state index in [0.717, 1.165) is 41.3 Å². The van der Waals surface area contributed by atoms with Gasteiger partial charge < -0.3 is 10.6 Å². The number of aryl methyl sites for hydroxylation is 1. The van der Waals surface area contributed by atoms with E-state index in [2.05, 4.69) is 55.9 Å². The molecule has 3 N–H and O–H groups in total. The highest BCUT2D eigenvalue weighted by Crippen LogP contribution is 2.29. The fraction of sp³-hybridized carbons (Fsp3) is 0.467. The molecule has 2 aromatic rings. The number of benzene rings is 1. The molecule has 2 heterocycles. The van der Waals surface area contributed by atoms with Crippen molar-refractivity contribution < 1.29 is 0 Å². The molecule has 0 aliphatic carbocycles. The second kappa shape index (κ2) is 5.77. The Morgan fingerprint density at radius 2 is 2.24 bits per heavy atom. The van der Waals surface area contributed by atoms with Gasteiger partial charge in [0.2, 0.25) is 5.95 Å². The van der Waals surface area contributed by atoms with Crippen LogP contribution in [0, 0.1) is 12.8 Å². The number of H-pyrrole nitrogens is 1. The van der Waals surface area contributed by atoms with Crippen molar-refractivity contribution in [3.63, 3.8) is 0 Å². The number of nitrogens with two attached hydrogens (primary N) is 1. The number of hydrogen-bond acceptors (Lipinski definition) is 4. The summed E-state index contributed by atoms with van der Waals surface area (Å²) in [5.41, 5.74) is 8.36. The molecule has 2 unspecified atom stereocenters. The van der Waals surface area contributed by atoms with Crippen molar-refractivity contribution in [1.29, 1.82) is 0 Å². The van der Waals surface area contributed by atoms with E-state index in [0.29, 0.717) is 5.92 Å². The van der Waals surface area contributed by atoms with Crippen molar-refractivity contribution in [2.75, 3.05) is 18.0 Å². The van der Waals surface area contributed by atoms with Crippen LogP contribution in [0.1, 0.15) is 18.9 Å². The van der Waals surface area contributed by atoms with Gasteiger partial charge in [-0.25, -0.2) is 0 Å². The van der Waals surface area contributed by atoms with Crippen molar-refractivity contribution in [2.45, 2.75) is 26.3 Å². The van der Waals surface area contributed by atoms with Gasteiger partial charge in [-0.2, -0.15) is 4.98 Å². The maximum Gasteiger partial charge on any atom is 0.245 e. The summed E-state index contributed by atoms with van der Waals surface area (Å²) < 4.78 is 1.05. The molecule has 1 aliphatic heterocycles. The molecule has 1 aromatic heterocycles. The van der Waals surface area contributed by atoms with E-state index in [1.807, 2.05) is 12.1 Å². The van der Waals surface area contributed by atoms with Gasteiger partial charge in [0.1, 0.15) is 0 Å². The number of nitrogens with zero attached hydrogens (tertiary/aromatic N) is 3. The van der Waals surface area contributed by atoms with E-state index < -0.39 is 0 Å². The third-order valence-electron chi connectivity index (χ3n) is 4.22. The maximum absolute atomic E-state index is 6.15. The Bertz CT molecular complexity index is 639. The molecule has 3 rings (SSSR count). The van der Waals surface area contributed by atoms with Gasteiger partial charge in [-0.05, 0) is 40.8 Å². The van der Waals surface area contributed by atoms with Gasteiger partial charge in [-0.15, -0.1) is 5.10 Å². The molecule has 5 nitrogen and oxygen atoms in total. The second-order valence-corrected chi connectivity index (χ2v) is 6.59. The van der Waals surface area contributed by atoms with E-state index in [4.69, 9.17) is 5.73 Å². The molecule has 1 saturated heterocycles.